The molecule has 1 N–H and O–H groups in total. The predicted molar refractivity (Wildman–Crippen MR) is 55.3 cm³/mol. The average Bonchev–Trinajstić information content (AvgIpc) is 2.43. The molecule has 0 aliphatic heterocycles. The summed E-state index contributed by atoms with van der Waals surface area (Å²) in [6, 6.07) is 4.11. The van der Waals surface area contributed by atoms with Crippen molar-refractivity contribution in [2.45, 2.75) is 33.7 Å². The third-order valence-corrected chi connectivity index (χ3v) is 2.62. The Morgan fingerprint density at radius 2 is 1.93 bits per heavy atom. The second-order valence-electron chi connectivity index (χ2n) is 3.80. The number of carboxylic acid groups (broad SMARTS) is 1. The first-order valence-corrected chi connectivity index (χ1v) is 4.88. The van der Waals surface area contributed by atoms with Crippen LogP contribution in [0.5, 0.6) is 0 Å². The van der Waals surface area contributed by atoms with Crippen LogP contribution in [0.1, 0.15) is 24.7 Å². The fourth-order valence-electron chi connectivity index (χ4n) is 1.50. The molecule has 0 aromatic carbocycles. The lowest BCUT2D eigenvalue weighted by Gasteiger charge is -2.11. The van der Waals surface area contributed by atoms with E-state index in [9.17, 15) is 4.79 Å². The van der Waals surface area contributed by atoms with Crippen molar-refractivity contribution in [1.82, 2.24) is 4.57 Å². The van der Waals surface area contributed by atoms with Crippen molar-refractivity contribution in [3.63, 3.8) is 0 Å². The van der Waals surface area contributed by atoms with Crippen molar-refractivity contribution >= 4 is 5.97 Å². The average molecular weight is 195 g/mol. The van der Waals surface area contributed by atoms with Gasteiger partial charge in [-0.2, -0.15) is 0 Å². The Labute approximate surface area is 84.4 Å². The van der Waals surface area contributed by atoms with Gasteiger partial charge in [-0.3, -0.25) is 4.79 Å². The first kappa shape index (κ1) is 10.8. The highest BCUT2D eigenvalue weighted by Gasteiger charge is 2.11. The van der Waals surface area contributed by atoms with Crippen LogP contribution in [0.3, 0.4) is 0 Å². The minimum absolute atomic E-state index is 0.267. The molecule has 0 aliphatic rings. The third kappa shape index (κ3) is 2.37. The molecule has 1 aromatic rings. The molecule has 1 heterocycles. The van der Waals surface area contributed by atoms with Crippen LogP contribution in [0.15, 0.2) is 12.1 Å². The van der Waals surface area contributed by atoms with E-state index in [-0.39, 0.29) is 5.92 Å². The number of rotatable bonds is 4. The molecule has 0 fully saturated rings. The fourth-order valence-corrected chi connectivity index (χ4v) is 1.50. The largest absolute Gasteiger partial charge is 0.481 e. The summed E-state index contributed by atoms with van der Waals surface area (Å²) < 4.78 is 2.15. The SMILES string of the molecule is Cc1ccc(C)n1CCC(C)C(=O)O. The number of hydrogen-bond acceptors (Lipinski definition) is 1. The van der Waals surface area contributed by atoms with Gasteiger partial charge >= 0.3 is 5.97 Å². The zero-order valence-corrected chi connectivity index (χ0v) is 8.95. The minimum atomic E-state index is -0.715. The van der Waals surface area contributed by atoms with Gasteiger partial charge in [0.2, 0.25) is 0 Å². The summed E-state index contributed by atoms with van der Waals surface area (Å²) in [5, 5.41) is 8.74. The standard InChI is InChI=1S/C11H17NO2/c1-8(11(13)14)6-7-12-9(2)4-5-10(12)3/h4-5,8H,6-7H2,1-3H3,(H,13,14). The molecule has 0 saturated heterocycles. The lowest BCUT2D eigenvalue weighted by Crippen LogP contribution is -2.13. The second-order valence-corrected chi connectivity index (χ2v) is 3.80. The molecule has 0 aliphatic carbocycles. The van der Waals surface area contributed by atoms with Crippen LogP contribution in [0, 0.1) is 19.8 Å². The summed E-state index contributed by atoms with van der Waals surface area (Å²) in [6.07, 6.45) is 0.686. The van der Waals surface area contributed by atoms with E-state index in [0.29, 0.717) is 6.42 Å². The van der Waals surface area contributed by atoms with E-state index >= 15 is 0 Å². The molecule has 1 aromatic heterocycles. The lowest BCUT2D eigenvalue weighted by atomic mass is 10.1. The molecule has 0 saturated carbocycles. The zero-order chi connectivity index (χ0) is 10.7. The summed E-state index contributed by atoms with van der Waals surface area (Å²) in [6.45, 7) is 6.62. The van der Waals surface area contributed by atoms with Crippen molar-refractivity contribution in [3.05, 3.63) is 23.5 Å². The van der Waals surface area contributed by atoms with Crippen LogP contribution in [0.25, 0.3) is 0 Å². The Kier molecular flexibility index (Phi) is 3.33. The number of aromatic nitrogens is 1. The maximum absolute atomic E-state index is 10.6. The van der Waals surface area contributed by atoms with Gasteiger partial charge in [-0.15, -0.1) is 0 Å². The molecule has 0 bridgehead atoms. The topological polar surface area (TPSA) is 42.2 Å². The van der Waals surface area contributed by atoms with Crippen molar-refractivity contribution in [3.8, 4) is 0 Å². The van der Waals surface area contributed by atoms with E-state index in [1.807, 2.05) is 13.8 Å². The van der Waals surface area contributed by atoms with Gasteiger partial charge in [0.1, 0.15) is 0 Å². The highest BCUT2D eigenvalue weighted by molar-refractivity contribution is 5.69. The van der Waals surface area contributed by atoms with E-state index in [0.717, 1.165) is 6.54 Å². The van der Waals surface area contributed by atoms with Gasteiger partial charge in [0.05, 0.1) is 5.92 Å². The molecule has 3 heteroatoms. The third-order valence-electron chi connectivity index (χ3n) is 2.62. The fraction of sp³-hybridized carbons (Fsp3) is 0.545. The summed E-state index contributed by atoms with van der Waals surface area (Å²) in [7, 11) is 0. The van der Waals surface area contributed by atoms with E-state index < -0.39 is 5.97 Å². The van der Waals surface area contributed by atoms with E-state index in [2.05, 4.69) is 16.7 Å². The van der Waals surface area contributed by atoms with Crippen LogP contribution in [-0.2, 0) is 11.3 Å². The number of aliphatic carboxylic acids is 1. The minimum Gasteiger partial charge on any atom is -0.481 e. The van der Waals surface area contributed by atoms with Crippen molar-refractivity contribution in [2.24, 2.45) is 5.92 Å². The molecule has 14 heavy (non-hydrogen) atoms. The highest BCUT2D eigenvalue weighted by Crippen LogP contribution is 2.11. The second kappa shape index (κ2) is 4.31. The molecule has 0 radical (unpaired) electrons. The van der Waals surface area contributed by atoms with Crippen LogP contribution in [0.4, 0.5) is 0 Å². The number of nitrogens with zero attached hydrogens (tertiary/aromatic N) is 1. The van der Waals surface area contributed by atoms with Crippen LogP contribution < -0.4 is 0 Å². The van der Waals surface area contributed by atoms with E-state index in [1.165, 1.54) is 11.4 Å². The Morgan fingerprint density at radius 1 is 1.43 bits per heavy atom. The van der Waals surface area contributed by atoms with E-state index in [4.69, 9.17) is 5.11 Å². The van der Waals surface area contributed by atoms with Crippen molar-refractivity contribution < 1.29 is 9.90 Å². The van der Waals surface area contributed by atoms with Gasteiger partial charge in [-0.1, -0.05) is 6.92 Å². The number of hydrogen-bond donors (Lipinski definition) is 1. The van der Waals surface area contributed by atoms with Gasteiger partial charge in [-0.05, 0) is 32.4 Å². The van der Waals surface area contributed by atoms with E-state index in [1.54, 1.807) is 6.92 Å². The highest BCUT2D eigenvalue weighted by atomic mass is 16.4. The van der Waals surface area contributed by atoms with Crippen LogP contribution >= 0.6 is 0 Å². The summed E-state index contributed by atoms with van der Waals surface area (Å²) in [5.74, 6) is -0.983. The number of carboxylic acids is 1. The molecule has 1 atom stereocenters. The molecular weight excluding hydrogens is 178 g/mol. The first-order valence-electron chi connectivity index (χ1n) is 4.88. The Bertz CT molecular complexity index is 309. The normalized spacial score (nSPS) is 12.8. The van der Waals surface area contributed by atoms with Crippen LogP contribution in [0.2, 0.25) is 0 Å². The van der Waals surface area contributed by atoms with Crippen molar-refractivity contribution in [1.29, 1.82) is 0 Å². The molecule has 1 unspecified atom stereocenters. The van der Waals surface area contributed by atoms with Crippen LogP contribution in [-0.4, -0.2) is 15.6 Å². The maximum Gasteiger partial charge on any atom is 0.306 e. The summed E-state index contributed by atoms with van der Waals surface area (Å²) in [4.78, 5) is 10.6. The number of carbonyl (C=O) groups is 1. The quantitative estimate of drug-likeness (QED) is 0.800. The molecule has 78 valence electrons. The van der Waals surface area contributed by atoms with Gasteiger partial charge in [0, 0.05) is 17.9 Å². The molecular formula is C11H17NO2. The Balaban J connectivity index is 2.57. The molecule has 3 nitrogen and oxygen atoms in total. The predicted octanol–water partition coefficient (Wildman–Crippen LogP) is 2.22. The van der Waals surface area contributed by atoms with Gasteiger partial charge in [-0.25, -0.2) is 0 Å². The molecule has 0 spiro atoms. The Morgan fingerprint density at radius 3 is 2.36 bits per heavy atom. The Hall–Kier alpha value is -1.25. The first-order chi connectivity index (χ1) is 6.52. The summed E-state index contributed by atoms with van der Waals surface area (Å²) in [5.41, 5.74) is 2.39. The smallest absolute Gasteiger partial charge is 0.306 e. The van der Waals surface area contributed by atoms with Crippen molar-refractivity contribution in [2.75, 3.05) is 0 Å². The monoisotopic (exact) mass is 195 g/mol. The maximum atomic E-state index is 10.6. The lowest BCUT2D eigenvalue weighted by molar-refractivity contribution is -0.141. The summed E-state index contributed by atoms with van der Waals surface area (Å²) >= 11 is 0. The van der Waals surface area contributed by atoms with Gasteiger partial charge in [0.15, 0.2) is 0 Å². The zero-order valence-electron chi connectivity index (χ0n) is 8.95. The van der Waals surface area contributed by atoms with Gasteiger partial charge < -0.3 is 9.67 Å². The molecule has 1 rings (SSSR count). The molecule has 0 amide bonds. The number of aryl methyl sites for hydroxylation is 2. The van der Waals surface area contributed by atoms with Gasteiger partial charge in [0.25, 0.3) is 0 Å².